The molecule has 172 valence electrons. The second-order valence-corrected chi connectivity index (χ2v) is 10.4. The number of benzene rings is 2. The third-order valence-electron chi connectivity index (χ3n) is 6.67. The Balaban J connectivity index is 1.49. The van der Waals surface area contributed by atoms with Crippen molar-refractivity contribution >= 4 is 21.6 Å². The van der Waals surface area contributed by atoms with E-state index in [-0.39, 0.29) is 10.8 Å². The summed E-state index contributed by atoms with van der Waals surface area (Å²) >= 11 is 0. The average Bonchev–Trinajstić information content (AvgIpc) is 3.54. The fourth-order valence-electron chi connectivity index (χ4n) is 4.98. The van der Waals surface area contributed by atoms with Gasteiger partial charge in [-0.25, -0.2) is 13.1 Å². The first-order chi connectivity index (χ1) is 16.0. The minimum atomic E-state index is -3.53. The summed E-state index contributed by atoms with van der Waals surface area (Å²) in [5.74, 6) is -0.110. The topological polar surface area (TPSA) is 75.5 Å². The third-order valence-corrected chi connectivity index (χ3v) is 8.71. The van der Waals surface area contributed by atoms with E-state index in [1.165, 1.54) is 4.31 Å². The van der Waals surface area contributed by atoms with Gasteiger partial charge < -0.3 is 4.90 Å². The van der Waals surface area contributed by atoms with Gasteiger partial charge in [0.05, 0.1) is 10.6 Å². The first kappa shape index (κ1) is 21.9. The molecule has 0 spiro atoms. The van der Waals surface area contributed by atoms with E-state index in [1.54, 1.807) is 23.1 Å². The van der Waals surface area contributed by atoms with Crippen LogP contribution in [0.3, 0.4) is 0 Å². The lowest BCUT2D eigenvalue weighted by atomic mass is 10.1. The highest BCUT2D eigenvalue weighted by atomic mass is 32.2. The van der Waals surface area contributed by atoms with Crippen LogP contribution in [0.15, 0.2) is 53.4 Å². The Bertz CT molecular complexity index is 1310. The Morgan fingerprint density at radius 2 is 1.79 bits per heavy atom. The summed E-state index contributed by atoms with van der Waals surface area (Å²) in [5, 5.41) is 4.74. The molecule has 8 heteroatoms. The molecule has 5 rings (SSSR count). The van der Waals surface area contributed by atoms with Crippen molar-refractivity contribution in [2.45, 2.75) is 44.4 Å². The van der Waals surface area contributed by atoms with Crippen molar-refractivity contribution in [1.29, 1.82) is 0 Å². The number of carbonyl (C=O) groups is 1. The molecule has 0 saturated heterocycles. The number of para-hydroxylation sites is 1. The number of fused-ring (bicyclic) bond motifs is 2. The lowest BCUT2D eigenvalue weighted by Gasteiger charge is -2.20. The highest BCUT2D eigenvalue weighted by molar-refractivity contribution is 7.89. The van der Waals surface area contributed by atoms with Crippen molar-refractivity contribution in [1.82, 2.24) is 14.1 Å². The molecule has 0 bridgehead atoms. The molecule has 3 aromatic rings. The van der Waals surface area contributed by atoms with Gasteiger partial charge in [-0.1, -0.05) is 32.0 Å². The fraction of sp³-hybridized carbons (Fsp3) is 0.360. The molecular formula is C25H28N4O3S. The zero-order valence-electron chi connectivity index (χ0n) is 19.0. The van der Waals surface area contributed by atoms with Gasteiger partial charge in [0.2, 0.25) is 10.0 Å². The zero-order chi connectivity index (χ0) is 23.2. The van der Waals surface area contributed by atoms with Gasteiger partial charge in [0.1, 0.15) is 0 Å². The number of aromatic nitrogens is 2. The van der Waals surface area contributed by atoms with Crippen LogP contribution in [0.5, 0.6) is 0 Å². The van der Waals surface area contributed by atoms with Gasteiger partial charge in [0, 0.05) is 36.6 Å². The normalized spacial score (nSPS) is 15.2. The van der Waals surface area contributed by atoms with Crippen LogP contribution in [-0.2, 0) is 29.3 Å². The molecule has 2 aliphatic rings. The van der Waals surface area contributed by atoms with Crippen LogP contribution in [0.1, 0.15) is 47.6 Å². The van der Waals surface area contributed by atoms with Crippen LogP contribution in [0.25, 0.3) is 5.69 Å². The number of amides is 1. The van der Waals surface area contributed by atoms with Crippen LogP contribution in [-0.4, -0.2) is 48.0 Å². The molecule has 0 N–H and O–H groups in total. The first-order valence-corrected chi connectivity index (χ1v) is 13.0. The van der Waals surface area contributed by atoms with Crippen molar-refractivity contribution in [2.24, 2.45) is 0 Å². The van der Waals surface area contributed by atoms with Crippen molar-refractivity contribution in [3.05, 3.63) is 71.0 Å². The Labute approximate surface area is 194 Å². The second-order valence-electron chi connectivity index (χ2n) is 8.46. The van der Waals surface area contributed by atoms with Gasteiger partial charge in [-0.05, 0) is 61.6 Å². The predicted molar refractivity (Wildman–Crippen MR) is 128 cm³/mol. The maximum absolute atomic E-state index is 13.6. The number of nitrogens with zero attached hydrogens (tertiary/aromatic N) is 4. The number of sulfonamides is 1. The summed E-state index contributed by atoms with van der Waals surface area (Å²) in [4.78, 5) is 15.7. The summed E-state index contributed by atoms with van der Waals surface area (Å²) in [6.45, 7) is 5.05. The number of rotatable bonds is 6. The van der Waals surface area contributed by atoms with E-state index in [4.69, 9.17) is 5.10 Å². The standard InChI is InChI=1S/C25H28N4O3S/c1-3-27(4-2)33(31,32)20-13-14-22-18(17-20)15-16-28(22)25(30)24-21-11-8-12-23(21)29(26-24)19-9-6-5-7-10-19/h5-7,9-10,13-14,17H,3-4,8,11-12,15-16H2,1-2H3. The fourth-order valence-corrected chi connectivity index (χ4v) is 6.49. The molecule has 0 radical (unpaired) electrons. The molecule has 0 saturated carbocycles. The smallest absolute Gasteiger partial charge is 0.279 e. The molecule has 1 aromatic heterocycles. The van der Waals surface area contributed by atoms with Crippen molar-refractivity contribution in [2.75, 3.05) is 24.5 Å². The van der Waals surface area contributed by atoms with E-state index in [9.17, 15) is 13.2 Å². The summed E-state index contributed by atoms with van der Waals surface area (Å²) in [6, 6.07) is 15.0. The molecule has 2 heterocycles. The molecular weight excluding hydrogens is 436 g/mol. The van der Waals surface area contributed by atoms with E-state index < -0.39 is 10.0 Å². The Kier molecular flexibility index (Phi) is 5.58. The van der Waals surface area contributed by atoms with E-state index in [0.717, 1.165) is 47.5 Å². The second kappa shape index (κ2) is 8.43. The maximum Gasteiger partial charge on any atom is 0.279 e. The van der Waals surface area contributed by atoms with Crippen LogP contribution in [0, 0.1) is 0 Å². The molecule has 0 unspecified atom stereocenters. The number of carbonyl (C=O) groups excluding carboxylic acids is 1. The first-order valence-electron chi connectivity index (χ1n) is 11.6. The molecule has 1 aliphatic heterocycles. The largest absolute Gasteiger partial charge is 0.306 e. The molecule has 1 amide bonds. The number of hydrogen-bond donors (Lipinski definition) is 0. The minimum Gasteiger partial charge on any atom is -0.306 e. The Hall–Kier alpha value is -2.97. The van der Waals surface area contributed by atoms with E-state index in [2.05, 4.69) is 0 Å². The summed E-state index contributed by atoms with van der Waals surface area (Å²) < 4.78 is 29.2. The average molecular weight is 465 g/mol. The van der Waals surface area contributed by atoms with Gasteiger partial charge in [-0.3, -0.25) is 4.79 Å². The summed E-state index contributed by atoms with van der Waals surface area (Å²) in [6.07, 6.45) is 3.41. The lowest BCUT2D eigenvalue weighted by molar-refractivity contribution is 0.0983. The van der Waals surface area contributed by atoms with Crippen LogP contribution < -0.4 is 4.90 Å². The van der Waals surface area contributed by atoms with Crippen LogP contribution in [0.2, 0.25) is 0 Å². The van der Waals surface area contributed by atoms with Crippen LogP contribution >= 0.6 is 0 Å². The lowest BCUT2D eigenvalue weighted by Crippen LogP contribution is -2.31. The van der Waals surface area contributed by atoms with Crippen molar-refractivity contribution in [3.63, 3.8) is 0 Å². The Morgan fingerprint density at radius 3 is 2.52 bits per heavy atom. The molecule has 1 aliphatic carbocycles. The highest BCUT2D eigenvalue weighted by Crippen LogP contribution is 2.34. The van der Waals surface area contributed by atoms with Gasteiger partial charge in [-0.2, -0.15) is 9.40 Å². The predicted octanol–water partition coefficient (Wildman–Crippen LogP) is 3.59. The molecule has 0 fully saturated rings. The van der Waals surface area contributed by atoms with Gasteiger partial charge in [0.15, 0.2) is 5.69 Å². The highest BCUT2D eigenvalue weighted by Gasteiger charge is 2.34. The van der Waals surface area contributed by atoms with Crippen molar-refractivity contribution in [3.8, 4) is 5.69 Å². The molecule has 0 atom stereocenters. The molecule has 7 nitrogen and oxygen atoms in total. The van der Waals surface area contributed by atoms with E-state index >= 15 is 0 Å². The quantitative estimate of drug-likeness (QED) is 0.559. The molecule has 2 aromatic carbocycles. The summed E-state index contributed by atoms with van der Waals surface area (Å²) in [5.41, 5.74) is 5.29. The number of hydrogen-bond acceptors (Lipinski definition) is 4. The summed E-state index contributed by atoms with van der Waals surface area (Å²) in [7, 11) is -3.53. The van der Waals surface area contributed by atoms with Gasteiger partial charge in [-0.15, -0.1) is 0 Å². The van der Waals surface area contributed by atoms with E-state index in [0.29, 0.717) is 31.7 Å². The van der Waals surface area contributed by atoms with Crippen molar-refractivity contribution < 1.29 is 13.2 Å². The third kappa shape index (κ3) is 3.57. The molecule has 33 heavy (non-hydrogen) atoms. The maximum atomic E-state index is 13.6. The van der Waals surface area contributed by atoms with E-state index in [1.807, 2.05) is 48.9 Å². The Morgan fingerprint density at radius 1 is 1.03 bits per heavy atom. The minimum absolute atomic E-state index is 0.110. The number of anilines is 1. The SMILES string of the molecule is CCN(CC)S(=O)(=O)c1ccc2c(c1)CCN2C(=O)c1nn(-c2ccccc2)c2c1CCC2. The van der Waals surface area contributed by atoms with Gasteiger partial charge in [0.25, 0.3) is 5.91 Å². The zero-order valence-corrected chi connectivity index (χ0v) is 19.8. The van der Waals surface area contributed by atoms with Gasteiger partial charge >= 0.3 is 0 Å². The van der Waals surface area contributed by atoms with Crippen LogP contribution in [0.4, 0.5) is 5.69 Å². The monoisotopic (exact) mass is 464 g/mol.